The Morgan fingerprint density at radius 3 is 1.37 bits per heavy atom. The van der Waals surface area contributed by atoms with E-state index in [9.17, 15) is 23.2 Å². The number of hydrogen-bond acceptors (Lipinski definition) is 20. The number of halogens is 2. The second kappa shape index (κ2) is 30.0. The zero-order chi connectivity index (χ0) is 59.1. The monoisotopic (exact) mass is 1290 g/mol. The molecule has 6 saturated heterocycles. The zero-order valence-electron chi connectivity index (χ0n) is 45.8. The fraction of sp³-hybridized carbons (Fsp3) is 0.357. The van der Waals surface area contributed by atoms with E-state index in [0.717, 1.165) is 37.9 Å². The van der Waals surface area contributed by atoms with Gasteiger partial charge in [0.05, 0.1) is 137 Å². The van der Waals surface area contributed by atoms with Crippen molar-refractivity contribution >= 4 is 123 Å². The highest BCUT2D eigenvalue weighted by atomic mass is 33.7. The van der Waals surface area contributed by atoms with Crippen molar-refractivity contribution in [1.29, 1.82) is 0 Å². The average molecular weight is 1290 g/mol. The van der Waals surface area contributed by atoms with Crippen LogP contribution in [0.5, 0.6) is 11.5 Å². The van der Waals surface area contributed by atoms with E-state index in [4.69, 9.17) is 82.6 Å². The molecule has 84 heavy (non-hydrogen) atoms. The van der Waals surface area contributed by atoms with Gasteiger partial charge in [-0.15, -0.1) is 0 Å². The molecule has 0 saturated carbocycles. The van der Waals surface area contributed by atoms with Crippen molar-refractivity contribution in [3.63, 3.8) is 0 Å². The maximum Gasteiger partial charge on any atom is 0.414 e. The molecule has 6 fully saturated rings. The summed E-state index contributed by atoms with van der Waals surface area (Å²) < 4.78 is 77.7. The van der Waals surface area contributed by atoms with Crippen molar-refractivity contribution in [3.8, 4) is 11.5 Å². The Labute approximate surface area is 508 Å². The van der Waals surface area contributed by atoms with Gasteiger partial charge in [-0.2, -0.15) is 0 Å². The van der Waals surface area contributed by atoms with Gasteiger partial charge in [0.1, 0.15) is 40.3 Å². The van der Waals surface area contributed by atoms with Crippen molar-refractivity contribution in [1.82, 2.24) is 10.6 Å². The predicted molar refractivity (Wildman–Crippen MR) is 334 cm³/mol. The first kappa shape index (κ1) is 62.8. The zero-order valence-corrected chi connectivity index (χ0v) is 51.7. The summed E-state index contributed by atoms with van der Waals surface area (Å²) >= 11 is 20.7. The molecule has 448 valence electrons. The SMILES string of the molecule is C1COCCO1.COc1ccc(P2(=S)SP(=S)(c3ccc(OC)cc3)S2)cc1.O=C(NC[C@H]1CN(c2ccc(N3CCOCC3)c(F)c2)C(=O)O1)c1ccco1.O=C1O[C@@H](CNC(=S)c2ccco2)CN1c1ccc(N2CCOCC2)c(F)c1. The van der Waals surface area contributed by atoms with Crippen LogP contribution >= 0.6 is 43.1 Å². The van der Waals surface area contributed by atoms with Crippen LogP contribution in [0.15, 0.2) is 131 Å². The Morgan fingerprint density at radius 1 is 0.583 bits per heavy atom. The first-order valence-corrected chi connectivity index (χ1v) is 36.7. The molecule has 0 radical (unpaired) electrons. The van der Waals surface area contributed by atoms with E-state index in [-0.39, 0.29) is 30.6 Å². The number of methoxy groups -OCH3 is 2. The smallest absolute Gasteiger partial charge is 0.414 e. The van der Waals surface area contributed by atoms with Gasteiger partial charge in [-0.1, -0.05) is 57.8 Å². The van der Waals surface area contributed by atoms with Gasteiger partial charge in [0, 0.05) is 36.8 Å². The summed E-state index contributed by atoms with van der Waals surface area (Å²) in [6, 6.07) is 32.3. The number of amides is 3. The van der Waals surface area contributed by atoms with Gasteiger partial charge < -0.3 is 67.2 Å². The Kier molecular flexibility index (Phi) is 22.4. The molecule has 0 aliphatic carbocycles. The summed E-state index contributed by atoms with van der Waals surface area (Å²) in [6.45, 7) is 8.93. The minimum atomic E-state index is -1.66. The number of nitrogens with zero attached hydrogens (tertiary/aromatic N) is 4. The maximum absolute atomic E-state index is 14.6. The van der Waals surface area contributed by atoms with Crippen LogP contribution in [-0.4, -0.2) is 155 Å². The lowest BCUT2D eigenvalue weighted by Gasteiger charge is -2.40. The molecule has 2 N–H and O–H groups in total. The number of hydrogen-bond donors (Lipinski definition) is 2. The van der Waals surface area contributed by atoms with E-state index in [1.807, 2.05) is 56.1 Å². The van der Waals surface area contributed by atoms with Crippen molar-refractivity contribution < 1.29 is 69.9 Å². The molecule has 8 heterocycles. The number of furan rings is 2. The highest BCUT2D eigenvalue weighted by molar-refractivity contribution is 9.48. The molecule has 0 bridgehead atoms. The first-order valence-electron chi connectivity index (χ1n) is 26.6. The third kappa shape index (κ3) is 16.4. The van der Waals surface area contributed by atoms with Gasteiger partial charge in [-0.25, -0.2) is 18.4 Å². The van der Waals surface area contributed by atoms with Gasteiger partial charge in [-0.05, 0) is 109 Å². The number of morpholine rings is 2. The summed E-state index contributed by atoms with van der Waals surface area (Å²) in [5, 5.41) is 8.11. The molecule has 0 unspecified atom stereocenters. The molecule has 6 aliphatic heterocycles. The summed E-state index contributed by atoms with van der Waals surface area (Å²) in [4.78, 5) is 43.4. The van der Waals surface area contributed by atoms with Gasteiger partial charge in [0.25, 0.3) is 5.91 Å². The Morgan fingerprint density at radius 2 is 0.988 bits per heavy atom. The second-order valence-corrected chi connectivity index (χ2v) is 40.6. The fourth-order valence-electron chi connectivity index (χ4n) is 8.98. The van der Waals surface area contributed by atoms with Crippen molar-refractivity contribution in [2.45, 2.75) is 12.2 Å². The van der Waals surface area contributed by atoms with Gasteiger partial charge in [0.2, 0.25) is 0 Å². The number of nitrogens with one attached hydrogen (secondary N) is 2. The highest BCUT2D eigenvalue weighted by Crippen LogP contribution is 3.04. The molecule has 28 heteroatoms. The minimum absolute atomic E-state index is 0.135. The topological polar surface area (TPSA) is 188 Å². The Hall–Kier alpha value is -5.76. The highest BCUT2D eigenvalue weighted by Gasteiger charge is 2.46. The Balaban J connectivity index is 0.000000145. The molecular formula is C56H62F2N6O13P2S5. The quantitative estimate of drug-likeness (QED) is 0.0775. The summed E-state index contributed by atoms with van der Waals surface area (Å²) in [7, 11) is 3.34. The molecule has 2 atom stereocenters. The van der Waals surface area contributed by atoms with E-state index < -0.39 is 39.1 Å². The molecule has 4 aromatic carbocycles. The number of rotatable bonds is 14. The summed E-state index contributed by atoms with van der Waals surface area (Å²) in [5.74, 6) is 1.29. The van der Waals surface area contributed by atoms with E-state index in [1.165, 1.54) is 45.1 Å². The largest absolute Gasteiger partial charge is 0.497 e. The second-order valence-electron chi connectivity index (χ2n) is 18.9. The van der Waals surface area contributed by atoms with Gasteiger partial charge in [0.15, 0.2) is 11.5 Å². The Bertz CT molecular complexity index is 3040. The van der Waals surface area contributed by atoms with Crippen LogP contribution in [0, 0.1) is 11.6 Å². The van der Waals surface area contributed by atoms with Crippen LogP contribution in [0.4, 0.5) is 41.1 Å². The van der Waals surface area contributed by atoms with Crippen LogP contribution in [0.1, 0.15) is 16.3 Å². The molecule has 12 rings (SSSR count). The van der Waals surface area contributed by atoms with Gasteiger partial charge in [-0.3, -0.25) is 14.6 Å². The number of anilines is 4. The molecule has 2 aromatic heterocycles. The average Bonchev–Trinajstić information content (AvgIpc) is 1.73. The molecule has 6 aliphatic rings. The van der Waals surface area contributed by atoms with Crippen molar-refractivity contribution in [2.24, 2.45) is 0 Å². The number of carbonyl (C=O) groups is 3. The summed E-state index contributed by atoms with van der Waals surface area (Å²) in [6.07, 6.45) is 0.928. The number of thiocarbonyl (C=S) groups is 1. The number of carbonyl (C=O) groups excluding carboxylic acids is 3. The molecule has 3 amide bonds. The van der Waals surface area contributed by atoms with Crippen LogP contribution in [0.25, 0.3) is 0 Å². The molecule has 6 aromatic rings. The molecule has 19 nitrogen and oxygen atoms in total. The normalized spacial score (nSPS) is 21.9. The number of benzene rings is 4. The predicted octanol–water partition coefficient (Wildman–Crippen LogP) is 9.34. The summed E-state index contributed by atoms with van der Waals surface area (Å²) in [5.41, 5.74) is 1.89. The maximum atomic E-state index is 14.6. The van der Waals surface area contributed by atoms with Crippen molar-refractivity contribution in [3.05, 3.63) is 145 Å². The lowest BCUT2D eigenvalue weighted by Crippen LogP contribution is -2.37. The van der Waals surface area contributed by atoms with Crippen LogP contribution in [0.3, 0.4) is 0 Å². The van der Waals surface area contributed by atoms with Crippen LogP contribution in [-0.2, 0) is 52.0 Å². The van der Waals surface area contributed by atoms with Crippen LogP contribution in [0.2, 0.25) is 0 Å². The van der Waals surface area contributed by atoms with E-state index in [1.54, 1.807) is 62.8 Å². The van der Waals surface area contributed by atoms with Gasteiger partial charge >= 0.3 is 12.2 Å². The lowest BCUT2D eigenvalue weighted by atomic mass is 10.2. The standard InChI is InChI=1S/C19H20FN3O5.C19H20FN3O4S.C14H14O2P2S4.C4H8O2/c20-15-10-13(3-4-16(15)22-5-8-26-9-6-22)23-12-14(28-19(23)25)11-21-18(24)17-2-1-7-27-17;20-15-10-13(3-4-16(15)22-5-8-25-9-6-22)23-12-14(27-19(23)24)11-21-18(28)17-2-1-7-26-17;1-15-11-3-7-13(8-4-11)17(19)21-18(20,22-17)14-9-5-12(16-2)6-10-14;1-2-6-4-3-5-1/h1-4,7,10,14H,5-6,8-9,11-12H2,(H,21,24);1-4,7,10,14H,5-6,8-9,11-12H2,(H,21,28);3-10H,1-2H3;1-4H2/t2*14-;;/m00../s1. The lowest BCUT2D eigenvalue weighted by molar-refractivity contribution is -0.0334. The van der Waals surface area contributed by atoms with Crippen LogP contribution < -0.4 is 50.3 Å². The number of ether oxygens (including phenoxy) is 8. The first-order chi connectivity index (χ1) is 40.7. The fourth-order valence-corrected chi connectivity index (χ4v) is 51.5. The molecular weight excluding hydrogens is 1220 g/mol. The van der Waals surface area contributed by atoms with E-state index in [2.05, 4.69) is 34.9 Å². The van der Waals surface area contributed by atoms with Crippen molar-refractivity contribution in [2.75, 3.05) is 139 Å². The molecule has 0 spiro atoms. The van der Waals surface area contributed by atoms with E-state index in [0.29, 0.717) is 99.2 Å². The number of cyclic esters (lactones) is 2. The van der Waals surface area contributed by atoms with E-state index >= 15 is 0 Å². The minimum Gasteiger partial charge on any atom is -0.497 e. The third-order valence-electron chi connectivity index (χ3n) is 13.4. The third-order valence-corrected chi connectivity index (χ3v) is 44.9.